The number of benzene rings is 1. The van der Waals surface area contributed by atoms with E-state index in [1.807, 2.05) is 13.8 Å². The minimum Gasteiger partial charge on any atom is -0.612 e. The maximum absolute atomic E-state index is 12.5. The number of ether oxygens (including phenoxy) is 2. The van der Waals surface area contributed by atoms with Crippen molar-refractivity contribution < 1.29 is 23.9 Å². The molecule has 0 aliphatic heterocycles. The number of aromatic nitrogens is 2. The Hall–Kier alpha value is -1.59. The van der Waals surface area contributed by atoms with Crippen molar-refractivity contribution in [1.29, 1.82) is 0 Å². The van der Waals surface area contributed by atoms with Gasteiger partial charge in [0.2, 0.25) is 5.95 Å². The zero-order chi connectivity index (χ0) is 17.5. The molecule has 1 unspecified atom stereocenters. The summed E-state index contributed by atoms with van der Waals surface area (Å²) in [5, 5.41) is 11.4. The van der Waals surface area contributed by atoms with Crippen LogP contribution in [0.1, 0.15) is 13.8 Å². The molecule has 0 radical (unpaired) electrons. The van der Waals surface area contributed by atoms with Crippen LogP contribution in [0.3, 0.4) is 0 Å². The van der Waals surface area contributed by atoms with Crippen LogP contribution in [0.4, 0.5) is 10.7 Å². The lowest BCUT2D eigenvalue weighted by molar-refractivity contribution is -0.0824. The van der Waals surface area contributed by atoms with Gasteiger partial charge in [-0.3, -0.25) is 5.32 Å². The van der Waals surface area contributed by atoms with Crippen LogP contribution in [0.15, 0.2) is 23.1 Å². The smallest absolute Gasteiger partial charge is 0.411 e. The minimum atomic E-state index is -1.19. The standard InChI is InChI=1S/C14H21N3O5SSi/c1-3-21-14(22-4-2)24-8-23(20)9-5-6-10-11(7-9)16-12(15-10)17-13(18)19/h5-7,14H,3-4,8,24H2,1-2H3,(H,18,19)(H2,15,16,17). The molecule has 132 valence electrons. The predicted octanol–water partition coefficient (Wildman–Crippen LogP) is 1.24. The lowest BCUT2D eigenvalue weighted by atomic mass is 10.3. The molecule has 2 aromatic rings. The first kappa shape index (κ1) is 18.7. The van der Waals surface area contributed by atoms with Gasteiger partial charge in [-0.05, 0) is 37.2 Å². The van der Waals surface area contributed by atoms with Crippen LogP contribution >= 0.6 is 0 Å². The predicted molar refractivity (Wildman–Crippen MR) is 94.6 cm³/mol. The zero-order valence-electron chi connectivity index (χ0n) is 13.6. The van der Waals surface area contributed by atoms with Crippen molar-refractivity contribution in [3.05, 3.63) is 18.2 Å². The van der Waals surface area contributed by atoms with Crippen LogP contribution in [0, 0.1) is 0 Å². The summed E-state index contributed by atoms with van der Waals surface area (Å²) in [6.45, 7) is 4.96. The minimum absolute atomic E-state index is 0.141. The lowest BCUT2D eigenvalue weighted by Gasteiger charge is -2.17. The molecule has 1 aromatic carbocycles. The van der Waals surface area contributed by atoms with Crippen molar-refractivity contribution in [2.45, 2.75) is 24.7 Å². The van der Waals surface area contributed by atoms with Gasteiger partial charge in [-0.2, -0.15) is 0 Å². The first-order valence-corrected chi connectivity index (χ1v) is 10.8. The summed E-state index contributed by atoms with van der Waals surface area (Å²) in [6, 6.07) is 5.21. The summed E-state index contributed by atoms with van der Waals surface area (Å²) in [5.74, 6) is -0.0769. The highest BCUT2D eigenvalue weighted by atomic mass is 32.2. The molecule has 0 aliphatic rings. The van der Waals surface area contributed by atoms with Crippen molar-refractivity contribution in [3.63, 3.8) is 0 Å². The summed E-state index contributed by atoms with van der Waals surface area (Å²) >= 11 is -1.16. The molecule has 10 heteroatoms. The monoisotopic (exact) mass is 371 g/mol. The number of H-pyrrole nitrogens is 1. The molecule has 24 heavy (non-hydrogen) atoms. The Kier molecular flexibility index (Phi) is 7.06. The maximum Gasteiger partial charge on any atom is 0.411 e. The molecule has 1 aromatic heterocycles. The normalized spacial score (nSPS) is 13.2. The second kappa shape index (κ2) is 9.04. The highest BCUT2D eigenvalue weighted by Gasteiger charge is 2.18. The zero-order valence-corrected chi connectivity index (χ0v) is 15.8. The molecular formula is C14H21N3O5SSi. The number of nitrogens with one attached hydrogen (secondary N) is 2. The first-order valence-electron chi connectivity index (χ1n) is 7.64. The quantitative estimate of drug-likeness (QED) is 0.347. The van der Waals surface area contributed by atoms with Gasteiger partial charge in [0.25, 0.3) is 0 Å². The molecule has 3 N–H and O–H groups in total. The van der Waals surface area contributed by atoms with Crippen LogP contribution in [-0.4, -0.2) is 59.7 Å². The number of anilines is 1. The number of carboxylic acid groups (broad SMARTS) is 1. The summed E-state index contributed by atoms with van der Waals surface area (Å²) < 4.78 is 23.5. The van der Waals surface area contributed by atoms with E-state index in [0.29, 0.717) is 34.5 Å². The van der Waals surface area contributed by atoms with Gasteiger partial charge in [-0.1, -0.05) is 0 Å². The number of hydrogen-bond donors (Lipinski definition) is 3. The van der Waals surface area contributed by atoms with Gasteiger partial charge in [0, 0.05) is 19.3 Å². The summed E-state index contributed by atoms with van der Waals surface area (Å²) in [5.41, 5.74) is 1.25. The Labute approximate surface area is 144 Å². The van der Waals surface area contributed by atoms with Crippen molar-refractivity contribution in [2.24, 2.45) is 0 Å². The topological polar surface area (TPSA) is 120 Å². The van der Waals surface area contributed by atoms with Gasteiger partial charge in [-0.25, -0.2) is 9.78 Å². The number of amides is 1. The van der Waals surface area contributed by atoms with Crippen LogP contribution in [0.2, 0.25) is 0 Å². The van der Waals surface area contributed by atoms with E-state index in [-0.39, 0.29) is 11.9 Å². The molecule has 0 saturated heterocycles. The third-order valence-corrected chi connectivity index (χ3v) is 7.34. The van der Waals surface area contributed by atoms with E-state index >= 15 is 0 Å². The van der Waals surface area contributed by atoms with E-state index in [0.717, 1.165) is 0 Å². The fraction of sp³-hybridized carbons (Fsp3) is 0.429. The Morgan fingerprint density at radius 2 is 2.17 bits per heavy atom. The second-order valence-electron chi connectivity index (χ2n) is 4.87. The Balaban J connectivity index is 2.03. The highest BCUT2D eigenvalue weighted by molar-refractivity contribution is 7.92. The van der Waals surface area contributed by atoms with Crippen LogP contribution in [-0.2, 0) is 20.6 Å². The molecule has 0 bridgehead atoms. The van der Waals surface area contributed by atoms with Gasteiger partial charge in [0.15, 0.2) is 4.90 Å². The number of imidazole rings is 1. The van der Waals surface area contributed by atoms with Gasteiger partial charge in [0.1, 0.15) is 15.4 Å². The Morgan fingerprint density at radius 1 is 1.46 bits per heavy atom. The molecule has 0 fully saturated rings. The first-order chi connectivity index (χ1) is 11.5. The van der Waals surface area contributed by atoms with Crippen LogP contribution in [0.5, 0.6) is 0 Å². The van der Waals surface area contributed by atoms with E-state index in [4.69, 9.17) is 14.6 Å². The number of hydrogen-bond acceptors (Lipinski definition) is 5. The van der Waals surface area contributed by atoms with Gasteiger partial charge < -0.3 is 24.1 Å². The number of aromatic amines is 1. The molecule has 0 spiro atoms. The van der Waals surface area contributed by atoms with Crippen molar-refractivity contribution in [2.75, 3.05) is 23.9 Å². The number of carbonyl (C=O) groups is 1. The fourth-order valence-electron chi connectivity index (χ4n) is 2.20. The molecule has 2 rings (SSSR count). The number of nitrogens with zero attached hydrogens (tertiary/aromatic N) is 1. The molecule has 8 nitrogen and oxygen atoms in total. The van der Waals surface area contributed by atoms with Gasteiger partial charge in [0.05, 0.1) is 16.4 Å². The second-order valence-corrected chi connectivity index (χ2v) is 8.91. The highest BCUT2D eigenvalue weighted by Crippen LogP contribution is 2.20. The maximum atomic E-state index is 12.5. The van der Waals surface area contributed by atoms with E-state index < -0.39 is 26.8 Å². The van der Waals surface area contributed by atoms with Crippen LogP contribution in [0.25, 0.3) is 11.0 Å². The van der Waals surface area contributed by atoms with E-state index in [1.165, 1.54) is 0 Å². The summed E-state index contributed by atoms with van der Waals surface area (Å²) in [7, 11) is -0.812. The van der Waals surface area contributed by atoms with Crippen molar-refractivity contribution in [1.82, 2.24) is 9.97 Å². The molecule has 1 atom stereocenters. The van der Waals surface area contributed by atoms with Crippen LogP contribution < -0.4 is 5.32 Å². The fourth-order valence-corrected chi connectivity index (χ4v) is 6.03. The molecule has 0 aliphatic carbocycles. The Bertz CT molecular complexity index is 677. The average molecular weight is 371 g/mol. The lowest BCUT2D eigenvalue weighted by Crippen LogP contribution is -2.30. The summed E-state index contributed by atoms with van der Waals surface area (Å²) in [4.78, 5) is 18.3. The third kappa shape index (κ3) is 5.21. The number of rotatable bonds is 9. The van der Waals surface area contributed by atoms with E-state index in [1.54, 1.807) is 18.2 Å². The molecule has 1 heterocycles. The van der Waals surface area contributed by atoms with E-state index in [9.17, 15) is 9.35 Å². The Morgan fingerprint density at radius 3 is 2.79 bits per heavy atom. The SMILES string of the molecule is CCOC(OCC)[SiH2]C[S+]([O-])c1ccc2[nH]c(NC(=O)O)nc2c1. The van der Waals surface area contributed by atoms with E-state index in [2.05, 4.69) is 15.3 Å². The van der Waals surface area contributed by atoms with Crippen molar-refractivity contribution >= 4 is 43.8 Å². The number of fused-ring (bicyclic) bond motifs is 1. The molecule has 1 amide bonds. The van der Waals surface area contributed by atoms with Gasteiger partial charge in [-0.15, -0.1) is 0 Å². The van der Waals surface area contributed by atoms with Crippen molar-refractivity contribution in [3.8, 4) is 0 Å². The average Bonchev–Trinajstić information content (AvgIpc) is 2.93. The molecular weight excluding hydrogens is 350 g/mol. The molecule has 0 saturated carbocycles. The summed E-state index contributed by atoms with van der Waals surface area (Å²) in [6.07, 6.45) is -1.19. The third-order valence-electron chi connectivity index (χ3n) is 3.19. The van der Waals surface area contributed by atoms with Gasteiger partial charge >= 0.3 is 6.09 Å². The largest absolute Gasteiger partial charge is 0.612 e.